The molecule has 0 saturated heterocycles. The molecule has 0 aliphatic rings. The van der Waals surface area contributed by atoms with Gasteiger partial charge in [-0.3, -0.25) is 4.18 Å². The Kier molecular flexibility index (Phi) is 5.16. The van der Waals surface area contributed by atoms with Gasteiger partial charge in [0, 0.05) is 0 Å². The largest absolute Gasteiger partial charge is 0.296 e. The normalized spacial score (nSPS) is 14.4. The lowest BCUT2D eigenvalue weighted by Crippen LogP contribution is -2.26. The summed E-state index contributed by atoms with van der Waals surface area (Å²) in [6.45, 7) is 10.5. The minimum absolute atomic E-state index is 0.0392. The van der Waals surface area contributed by atoms with Crippen LogP contribution in [-0.2, 0) is 14.3 Å². The van der Waals surface area contributed by atoms with Crippen molar-refractivity contribution in [2.75, 3.05) is 6.61 Å². The minimum atomic E-state index is -3.64. The third-order valence-electron chi connectivity index (χ3n) is 3.45. The van der Waals surface area contributed by atoms with Crippen LogP contribution in [0, 0.1) is 18.3 Å². The molecule has 1 unspecified atom stereocenters. The third kappa shape index (κ3) is 4.62. The average Bonchev–Trinajstić information content (AvgIpc) is 2.28. The van der Waals surface area contributed by atoms with Gasteiger partial charge in [-0.15, -0.1) is 0 Å². The van der Waals surface area contributed by atoms with Crippen molar-refractivity contribution in [2.24, 2.45) is 11.3 Å². The van der Waals surface area contributed by atoms with Crippen LogP contribution in [0.5, 0.6) is 0 Å². The molecule has 0 aliphatic heterocycles. The van der Waals surface area contributed by atoms with Gasteiger partial charge in [0.2, 0.25) is 0 Å². The fourth-order valence-corrected chi connectivity index (χ4v) is 2.87. The fraction of sp³-hybridized carbons (Fsp3) is 0.600. The summed E-state index contributed by atoms with van der Waals surface area (Å²) in [7, 11) is -3.64. The highest BCUT2D eigenvalue weighted by molar-refractivity contribution is 7.86. The molecule has 19 heavy (non-hydrogen) atoms. The lowest BCUT2D eigenvalue weighted by atomic mass is 9.80. The first-order valence-corrected chi connectivity index (χ1v) is 8.03. The van der Waals surface area contributed by atoms with Crippen molar-refractivity contribution in [3.63, 3.8) is 0 Å². The molecular formula is C15H24O3S. The van der Waals surface area contributed by atoms with Crippen molar-refractivity contribution in [3.8, 4) is 0 Å². The summed E-state index contributed by atoms with van der Waals surface area (Å²) in [6, 6.07) is 6.72. The molecule has 4 heteroatoms. The number of aryl methyl sites for hydroxylation is 1. The van der Waals surface area contributed by atoms with E-state index >= 15 is 0 Å². The standard InChI is InChI=1S/C15H24O3S/c1-6-13(15(3,4)5)11-18-19(16,17)14-9-7-12(2)8-10-14/h7-10,13H,6,11H2,1-5H3. The van der Waals surface area contributed by atoms with Crippen LogP contribution < -0.4 is 0 Å². The van der Waals surface area contributed by atoms with E-state index in [-0.39, 0.29) is 22.8 Å². The van der Waals surface area contributed by atoms with Crippen LogP contribution in [0.2, 0.25) is 0 Å². The topological polar surface area (TPSA) is 43.4 Å². The second-order valence-corrected chi connectivity index (χ2v) is 7.64. The SMILES string of the molecule is CCC(COS(=O)(=O)c1ccc(C)cc1)C(C)(C)C. The lowest BCUT2D eigenvalue weighted by Gasteiger charge is -2.29. The van der Waals surface area contributed by atoms with Crippen molar-refractivity contribution in [3.05, 3.63) is 29.8 Å². The Morgan fingerprint density at radius 2 is 1.68 bits per heavy atom. The monoisotopic (exact) mass is 284 g/mol. The van der Waals surface area contributed by atoms with Crippen LogP contribution in [-0.4, -0.2) is 15.0 Å². The van der Waals surface area contributed by atoms with E-state index in [4.69, 9.17) is 4.18 Å². The highest BCUT2D eigenvalue weighted by Gasteiger charge is 2.26. The van der Waals surface area contributed by atoms with Gasteiger partial charge in [0.15, 0.2) is 0 Å². The van der Waals surface area contributed by atoms with Gasteiger partial charge in [-0.1, -0.05) is 51.8 Å². The first kappa shape index (κ1) is 16.2. The Hall–Kier alpha value is -0.870. The molecule has 3 nitrogen and oxygen atoms in total. The molecule has 0 saturated carbocycles. The predicted molar refractivity (Wildman–Crippen MR) is 77.6 cm³/mol. The summed E-state index contributed by atoms with van der Waals surface area (Å²) in [5, 5.41) is 0. The second kappa shape index (κ2) is 6.06. The van der Waals surface area contributed by atoms with E-state index in [1.807, 2.05) is 6.92 Å². The van der Waals surface area contributed by atoms with Crippen molar-refractivity contribution < 1.29 is 12.6 Å². The third-order valence-corrected chi connectivity index (χ3v) is 4.75. The summed E-state index contributed by atoms with van der Waals surface area (Å²) in [4.78, 5) is 0.224. The van der Waals surface area contributed by atoms with Gasteiger partial charge >= 0.3 is 0 Å². The van der Waals surface area contributed by atoms with Crippen molar-refractivity contribution in [1.29, 1.82) is 0 Å². The van der Waals surface area contributed by atoms with Crippen LogP contribution in [0.3, 0.4) is 0 Å². The first-order valence-electron chi connectivity index (χ1n) is 6.63. The predicted octanol–water partition coefficient (Wildman–Crippen LogP) is 3.77. The zero-order chi connectivity index (χ0) is 14.7. The maximum atomic E-state index is 12.1. The molecular weight excluding hydrogens is 260 g/mol. The number of rotatable bonds is 5. The molecule has 0 fully saturated rings. The van der Waals surface area contributed by atoms with Crippen molar-refractivity contribution >= 4 is 10.1 Å². The summed E-state index contributed by atoms with van der Waals surface area (Å²) in [6.07, 6.45) is 0.896. The second-order valence-electron chi connectivity index (χ2n) is 6.02. The molecule has 1 atom stereocenters. The van der Waals surface area contributed by atoms with Gasteiger partial charge < -0.3 is 0 Å². The molecule has 0 spiro atoms. The zero-order valence-electron chi connectivity index (χ0n) is 12.4. The van der Waals surface area contributed by atoms with Gasteiger partial charge in [0.1, 0.15) is 0 Å². The summed E-state index contributed by atoms with van der Waals surface area (Å²) >= 11 is 0. The van der Waals surface area contributed by atoms with E-state index in [0.29, 0.717) is 0 Å². The van der Waals surface area contributed by atoms with Gasteiger partial charge in [-0.2, -0.15) is 8.42 Å². The molecule has 0 N–H and O–H groups in total. The Morgan fingerprint density at radius 3 is 2.11 bits per heavy atom. The number of benzene rings is 1. The Balaban J connectivity index is 2.78. The molecule has 0 heterocycles. The van der Waals surface area contributed by atoms with Gasteiger partial charge in [-0.25, -0.2) is 0 Å². The quantitative estimate of drug-likeness (QED) is 0.773. The molecule has 108 valence electrons. The molecule has 0 amide bonds. The first-order chi connectivity index (χ1) is 8.66. The minimum Gasteiger partial charge on any atom is -0.266 e. The Labute approximate surface area is 117 Å². The molecule has 0 aromatic heterocycles. The van der Waals surface area contributed by atoms with E-state index in [1.54, 1.807) is 24.3 Å². The van der Waals surface area contributed by atoms with Gasteiger partial charge in [-0.05, 0) is 30.4 Å². The maximum absolute atomic E-state index is 12.1. The lowest BCUT2D eigenvalue weighted by molar-refractivity contribution is 0.146. The van der Waals surface area contributed by atoms with Crippen LogP contribution in [0.1, 0.15) is 39.7 Å². The Bertz CT molecular complexity index is 495. The van der Waals surface area contributed by atoms with E-state index in [0.717, 1.165) is 12.0 Å². The van der Waals surface area contributed by atoms with E-state index in [2.05, 4.69) is 27.7 Å². The maximum Gasteiger partial charge on any atom is 0.296 e. The molecule has 1 aromatic rings. The van der Waals surface area contributed by atoms with Gasteiger partial charge in [0.05, 0.1) is 11.5 Å². The summed E-state index contributed by atoms with van der Waals surface area (Å²) < 4.78 is 29.3. The molecule has 1 aromatic carbocycles. The van der Waals surface area contributed by atoms with Crippen LogP contribution >= 0.6 is 0 Å². The van der Waals surface area contributed by atoms with Crippen LogP contribution in [0.15, 0.2) is 29.2 Å². The Morgan fingerprint density at radius 1 is 1.16 bits per heavy atom. The summed E-state index contributed by atoms with van der Waals surface area (Å²) in [5.74, 6) is 0.215. The molecule has 0 radical (unpaired) electrons. The van der Waals surface area contributed by atoms with Crippen molar-refractivity contribution in [1.82, 2.24) is 0 Å². The molecule has 0 bridgehead atoms. The molecule has 1 rings (SSSR count). The van der Waals surface area contributed by atoms with Crippen LogP contribution in [0.25, 0.3) is 0 Å². The zero-order valence-corrected chi connectivity index (χ0v) is 13.3. The van der Waals surface area contributed by atoms with Crippen molar-refractivity contribution in [2.45, 2.75) is 45.9 Å². The average molecular weight is 284 g/mol. The van der Waals surface area contributed by atoms with E-state index in [9.17, 15) is 8.42 Å². The highest BCUT2D eigenvalue weighted by atomic mass is 32.2. The van der Waals surface area contributed by atoms with Crippen LogP contribution in [0.4, 0.5) is 0 Å². The molecule has 0 aliphatic carbocycles. The van der Waals surface area contributed by atoms with Gasteiger partial charge in [0.25, 0.3) is 10.1 Å². The summed E-state index contributed by atoms with van der Waals surface area (Å²) in [5.41, 5.74) is 1.07. The fourth-order valence-electron chi connectivity index (χ4n) is 1.92. The van der Waals surface area contributed by atoms with E-state index in [1.165, 1.54) is 0 Å². The van der Waals surface area contributed by atoms with E-state index < -0.39 is 10.1 Å². The smallest absolute Gasteiger partial charge is 0.266 e. The highest BCUT2D eigenvalue weighted by Crippen LogP contribution is 2.29. The number of hydrogen-bond donors (Lipinski definition) is 0. The number of hydrogen-bond acceptors (Lipinski definition) is 3.